The smallest absolute Gasteiger partial charge is 0.417 e. The number of rotatable bonds is 2. The molecule has 7 heteroatoms. The summed E-state index contributed by atoms with van der Waals surface area (Å²) in [6, 6.07) is 4.14. The van der Waals surface area contributed by atoms with Gasteiger partial charge in [0.1, 0.15) is 6.61 Å². The maximum absolute atomic E-state index is 13.4. The van der Waals surface area contributed by atoms with Gasteiger partial charge in [-0.2, -0.15) is 13.2 Å². The van der Waals surface area contributed by atoms with Crippen molar-refractivity contribution in [3.8, 4) is 11.6 Å². The van der Waals surface area contributed by atoms with Crippen LogP contribution in [0.4, 0.5) is 18.9 Å². The summed E-state index contributed by atoms with van der Waals surface area (Å²) >= 11 is 0. The van der Waals surface area contributed by atoms with Crippen LogP contribution in [-0.2, 0) is 6.18 Å². The van der Waals surface area contributed by atoms with Crippen LogP contribution in [0.25, 0.3) is 10.9 Å². The maximum Gasteiger partial charge on any atom is 0.417 e. The Morgan fingerprint density at radius 1 is 1.32 bits per heavy atom. The quantitative estimate of drug-likeness (QED) is 0.915. The number of fused-ring (bicyclic) bond motifs is 3. The molecule has 0 spiro atoms. The first-order valence-corrected chi connectivity index (χ1v) is 6.94. The molecular formula is C15H15F3N2O2. The number of benzene rings is 1. The van der Waals surface area contributed by atoms with E-state index in [1.165, 1.54) is 6.07 Å². The SMILES string of the molecule is CC(C)Oc1cc(C(F)(F)F)c2c3c(ccc2n1)NCCO3. The van der Waals surface area contributed by atoms with Crippen molar-refractivity contribution in [2.24, 2.45) is 0 Å². The van der Waals surface area contributed by atoms with E-state index in [0.717, 1.165) is 6.07 Å². The minimum Gasteiger partial charge on any atom is -0.489 e. The molecule has 1 aromatic heterocycles. The Kier molecular flexibility index (Phi) is 3.50. The van der Waals surface area contributed by atoms with Crippen molar-refractivity contribution in [3.63, 3.8) is 0 Å². The molecule has 0 unspecified atom stereocenters. The number of hydrogen-bond acceptors (Lipinski definition) is 4. The number of alkyl halides is 3. The summed E-state index contributed by atoms with van der Waals surface area (Å²) in [4.78, 5) is 4.17. The van der Waals surface area contributed by atoms with Crippen molar-refractivity contribution in [1.29, 1.82) is 0 Å². The van der Waals surface area contributed by atoms with E-state index in [0.29, 0.717) is 18.8 Å². The average molecular weight is 312 g/mol. The van der Waals surface area contributed by atoms with E-state index >= 15 is 0 Å². The van der Waals surface area contributed by atoms with E-state index in [9.17, 15) is 13.2 Å². The molecule has 0 saturated heterocycles. The van der Waals surface area contributed by atoms with Gasteiger partial charge in [0.25, 0.3) is 0 Å². The number of ether oxygens (including phenoxy) is 2. The highest BCUT2D eigenvalue weighted by molar-refractivity contribution is 5.94. The van der Waals surface area contributed by atoms with Gasteiger partial charge >= 0.3 is 6.18 Å². The van der Waals surface area contributed by atoms with Crippen LogP contribution in [0.15, 0.2) is 18.2 Å². The van der Waals surface area contributed by atoms with Crippen molar-refractivity contribution in [1.82, 2.24) is 4.98 Å². The van der Waals surface area contributed by atoms with E-state index < -0.39 is 11.7 Å². The van der Waals surface area contributed by atoms with Crippen LogP contribution in [0.2, 0.25) is 0 Å². The minimum absolute atomic E-state index is 0.0340. The normalized spacial score (nSPS) is 14.5. The summed E-state index contributed by atoms with van der Waals surface area (Å²) in [5.74, 6) is 0.151. The fourth-order valence-electron chi connectivity index (χ4n) is 2.43. The Labute approximate surface area is 125 Å². The van der Waals surface area contributed by atoms with E-state index in [1.807, 2.05) is 0 Å². The lowest BCUT2D eigenvalue weighted by atomic mass is 10.1. The number of aromatic nitrogens is 1. The third-order valence-corrected chi connectivity index (χ3v) is 3.23. The Balaban J connectivity index is 2.28. The fraction of sp³-hybridized carbons (Fsp3) is 0.400. The number of nitrogens with zero attached hydrogens (tertiary/aromatic N) is 1. The molecule has 0 aliphatic carbocycles. The third-order valence-electron chi connectivity index (χ3n) is 3.23. The molecule has 2 aromatic rings. The summed E-state index contributed by atoms with van der Waals surface area (Å²) in [5.41, 5.74) is -0.0507. The lowest BCUT2D eigenvalue weighted by Crippen LogP contribution is -2.19. The predicted octanol–water partition coefficient (Wildman–Crippen LogP) is 3.85. The van der Waals surface area contributed by atoms with E-state index in [2.05, 4.69) is 10.3 Å². The van der Waals surface area contributed by atoms with Crippen LogP contribution in [-0.4, -0.2) is 24.2 Å². The average Bonchev–Trinajstić information content (AvgIpc) is 2.44. The fourth-order valence-corrected chi connectivity index (χ4v) is 2.43. The number of halogens is 3. The van der Waals surface area contributed by atoms with Crippen molar-refractivity contribution in [2.75, 3.05) is 18.5 Å². The first-order valence-electron chi connectivity index (χ1n) is 6.94. The molecule has 1 N–H and O–H groups in total. The second-order valence-corrected chi connectivity index (χ2v) is 5.28. The zero-order valence-electron chi connectivity index (χ0n) is 12.1. The molecule has 2 heterocycles. The topological polar surface area (TPSA) is 43.4 Å². The second kappa shape index (κ2) is 5.23. The second-order valence-electron chi connectivity index (χ2n) is 5.28. The minimum atomic E-state index is -4.52. The van der Waals surface area contributed by atoms with Gasteiger partial charge in [0, 0.05) is 12.6 Å². The van der Waals surface area contributed by atoms with Gasteiger partial charge in [-0.1, -0.05) is 0 Å². The largest absolute Gasteiger partial charge is 0.489 e. The zero-order valence-corrected chi connectivity index (χ0v) is 12.1. The Morgan fingerprint density at radius 3 is 2.77 bits per heavy atom. The molecule has 1 aliphatic heterocycles. The van der Waals surface area contributed by atoms with Crippen molar-refractivity contribution >= 4 is 16.6 Å². The molecular weight excluding hydrogens is 297 g/mol. The molecule has 0 radical (unpaired) electrons. The predicted molar refractivity (Wildman–Crippen MR) is 76.5 cm³/mol. The van der Waals surface area contributed by atoms with Gasteiger partial charge in [-0.15, -0.1) is 0 Å². The summed E-state index contributed by atoms with van der Waals surface area (Å²) in [7, 11) is 0. The molecule has 0 fully saturated rings. The van der Waals surface area contributed by atoms with Crippen LogP contribution >= 0.6 is 0 Å². The van der Waals surface area contributed by atoms with E-state index in [-0.39, 0.29) is 28.6 Å². The first-order chi connectivity index (χ1) is 10.4. The van der Waals surface area contributed by atoms with Crippen LogP contribution in [0.5, 0.6) is 11.6 Å². The van der Waals surface area contributed by atoms with Gasteiger partial charge in [0.15, 0.2) is 5.75 Å². The van der Waals surface area contributed by atoms with Gasteiger partial charge in [-0.25, -0.2) is 4.98 Å². The van der Waals surface area contributed by atoms with Crippen LogP contribution in [0.1, 0.15) is 19.4 Å². The van der Waals surface area contributed by atoms with Crippen molar-refractivity contribution in [3.05, 3.63) is 23.8 Å². The van der Waals surface area contributed by atoms with Crippen LogP contribution in [0, 0.1) is 0 Å². The highest BCUT2D eigenvalue weighted by Crippen LogP contribution is 2.44. The van der Waals surface area contributed by atoms with Gasteiger partial charge in [-0.05, 0) is 26.0 Å². The molecule has 4 nitrogen and oxygen atoms in total. The third kappa shape index (κ3) is 2.63. The number of anilines is 1. The lowest BCUT2D eigenvalue weighted by molar-refractivity contribution is -0.136. The first kappa shape index (κ1) is 14.7. The van der Waals surface area contributed by atoms with Gasteiger partial charge in [0.05, 0.1) is 28.3 Å². The number of hydrogen-bond donors (Lipinski definition) is 1. The summed E-state index contributed by atoms with van der Waals surface area (Å²) in [5, 5.41) is 2.99. The van der Waals surface area contributed by atoms with Gasteiger partial charge in [-0.3, -0.25) is 0 Å². The van der Waals surface area contributed by atoms with Crippen molar-refractivity contribution < 1.29 is 22.6 Å². The summed E-state index contributed by atoms with van der Waals surface area (Å²) in [6.07, 6.45) is -4.78. The summed E-state index contributed by atoms with van der Waals surface area (Å²) in [6.45, 7) is 4.34. The molecule has 0 saturated carbocycles. The maximum atomic E-state index is 13.4. The standard InChI is InChI=1S/C15H15F3N2O2/c1-8(2)22-12-7-9(15(16,17)18)13-10(20-12)3-4-11-14(13)21-6-5-19-11/h3-4,7-8,19H,5-6H2,1-2H3. The van der Waals surface area contributed by atoms with Gasteiger partial charge in [0.2, 0.25) is 5.88 Å². The molecule has 0 atom stereocenters. The molecule has 3 rings (SSSR count). The summed E-state index contributed by atoms with van der Waals surface area (Å²) < 4.78 is 51.1. The van der Waals surface area contributed by atoms with Crippen LogP contribution < -0.4 is 14.8 Å². The van der Waals surface area contributed by atoms with E-state index in [4.69, 9.17) is 9.47 Å². The Bertz CT molecular complexity index is 714. The lowest BCUT2D eigenvalue weighted by Gasteiger charge is -2.23. The Morgan fingerprint density at radius 2 is 2.09 bits per heavy atom. The molecule has 118 valence electrons. The van der Waals surface area contributed by atoms with Crippen LogP contribution in [0.3, 0.4) is 0 Å². The number of pyridine rings is 1. The van der Waals surface area contributed by atoms with Gasteiger partial charge < -0.3 is 14.8 Å². The highest BCUT2D eigenvalue weighted by Gasteiger charge is 2.36. The highest BCUT2D eigenvalue weighted by atomic mass is 19.4. The zero-order chi connectivity index (χ0) is 15.9. The number of nitrogens with one attached hydrogen (secondary N) is 1. The monoisotopic (exact) mass is 312 g/mol. The van der Waals surface area contributed by atoms with Crippen molar-refractivity contribution in [2.45, 2.75) is 26.1 Å². The van der Waals surface area contributed by atoms with E-state index in [1.54, 1.807) is 19.9 Å². The molecule has 22 heavy (non-hydrogen) atoms. The molecule has 1 aliphatic rings. The molecule has 0 amide bonds. The Hall–Kier alpha value is -2.18. The molecule has 1 aromatic carbocycles. The molecule has 0 bridgehead atoms.